The molecule has 0 aromatic heterocycles. The van der Waals surface area contributed by atoms with Crippen molar-refractivity contribution in [2.24, 2.45) is 5.10 Å². The number of hydrogen-bond donors (Lipinski definition) is 2. The fourth-order valence-electron chi connectivity index (χ4n) is 1.82. The third-order valence-electron chi connectivity index (χ3n) is 2.98. The lowest BCUT2D eigenvalue weighted by atomic mass is 10.2. The van der Waals surface area contributed by atoms with Crippen LogP contribution in [0.15, 0.2) is 41.5 Å². The zero-order chi connectivity index (χ0) is 16.8. The normalized spacial score (nSPS) is 10.8. The van der Waals surface area contributed by atoms with Crippen molar-refractivity contribution in [2.75, 3.05) is 11.9 Å². The second kappa shape index (κ2) is 8.20. The molecule has 0 unspecified atom stereocenters. The van der Waals surface area contributed by atoms with Gasteiger partial charge in [0, 0.05) is 21.3 Å². The standard InChI is InChI=1S/C16H14Cl3N3O/c1-10-6-12(17)4-5-15(10)20-9-16(23)22-21-8-11-2-3-13(18)7-14(11)19/h2-8,20H,9H2,1H3,(H,22,23)/b21-8+. The number of hydrazone groups is 1. The molecule has 2 rings (SSSR count). The van der Waals surface area contributed by atoms with Crippen LogP contribution in [0, 0.1) is 6.92 Å². The molecule has 2 aromatic rings. The van der Waals surface area contributed by atoms with Crippen LogP contribution in [0.3, 0.4) is 0 Å². The number of aryl methyl sites for hydroxylation is 1. The summed E-state index contributed by atoms with van der Waals surface area (Å²) in [6.45, 7) is 2.00. The van der Waals surface area contributed by atoms with E-state index in [1.165, 1.54) is 6.21 Å². The van der Waals surface area contributed by atoms with Gasteiger partial charge in [-0.2, -0.15) is 5.10 Å². The minimum atomic E-state index is -0.277. The van der Waals surface area contributed by atoms with E-state index in [1.807, 2.05) is 19.1 Å². The largest absolute Gasteiger partial charge is 0.376 e. The van der Waals surface area contributed by atoms with Crippen LogP contribution < -0.4 is 10.7 Å². The molecule has 0 atom stereocenters. The van der Waals surface area contributed by atoms with E-state index >= 15 is 0 Å². The Kier molecular flexibility index (Phi) is 6.28. The van der Waals surface area contributed by atoms with Crippen molar-refractivity contribution in [2.45, 2.75) is 6.92 Å². The maximum Gasteiger partial charge on any atom is 0.259 e. The average Bonchev–Trinajstić information content (AvgIpc) is 2.48. The van der Waals surface area contributed by atoms with E-state index in [1.54, 1.807) is 24.3 Å². The van der Waals surface area contributed by atoms with E-state index in [4.69, 9.17) is 34.8 Å². The molecule has 2 aromatic carbocycles. The van der Waals surface area contributed by atoms with Crippen LogP contribution in [-0.2, 0) is 4.79 Å². The van der Waals surface area contributed by atoms with Crippen LogP contribution in [0.1, 0.15) is 11.1 Å². The highest BCUT2D eigenvalue weighted by atomic mass is 35.5. The molecule has 0 fully saturated rings. The lowest BCUT2D eigenvalue weighted by molar-refractivity contribution is -0.119. The molecule has 1 amide bonds. The Hall–Kier alpha value is -1.75. The van der Waals surface area contributed by atoms with Crippen LogP contribution in [0.2, 0.25) is 15.1 Å². The molecule has 23 heavy (non-hydrogen) atoms. The van der Waals surface area contributed by atoms with Gasteiger partial charge in [0.25, 0.3) is 5.91 Å². The third-order valence-corrected chi connectivity index (χ3v) is 3.78. The van der Waals surface area contributed by atoms with Gasteiger partial charge in [-0.05, 0) is 42.8 Å². The monoisotopic (exact) mass is 369 g/mol. The van der Waals surface area contributed by atoms with Crippen LogP contribution in [0.25, 0.3) is 0 Å². The van der Waals surface area contributed by atoms with Gasteiger partial charge in [-0.15, -0.1) is 0 Å². The zero-order valence-corrected chi connectivity index (χ0v) is 14.5. The number of amides is 1. The SMILES string of the molecule is Cc1cc(Cl)ccc1NCC(=O)N/N=C/c1ccc(Cl)cc1Cl. The topological polar surface area (TPSA) is 53.5 Å². The van der Waals surface area contributed by atoms with Crippen molar-refractivity contribution in [1.29, 1.82) is 0 Å². The number of benzene rings is 2. The predicted octanol–water partition coefficient (Wildman–Crippen LogP) is 4.52. The first-order valence-electron chi connectivity index (χ1n) is 6.72. The van der Waals surface area contributed by atoms with Crippen LogP contribution >= 0.6 is 34.8 Å². The van der Waals surface area contributed by atoms with Gasteiger partial charge in [0.05, 0.1) is 17.8 Å². The first-order valence-corrected chi connectivity index (χ1v) is 7.86. The Bertz CT molecular complexity index is 747. The highest BCUT2D eigenvalue weighted by Gasteiger charge is 2.03. The molecule has 0 spiro atoms. The van der Waals surface area contributed by atoms with Gasteiger partial charge < -0.3 is 5.32 Å². The van der Waals surface area contributed by atoms with Crippen molar-refractivity contribution in [3.63, 3.8) is 0 Å². The summed E-state index contributed by atoms with van der Waals surface area (Å²) in [5.41, 5.74) is 4.89. The summed E-state index contributed by atoms with van der Waals surface area (Å²) in [6.07, 6.45) is 1.46. The summed E-state index contributed by atoms with van der Waals surface area (Å²) in [6, 6.07) is 10.4. The Labute approximate surface area is 149 Å². The van der Waals surface area contributed by atoms with Crippen LogP contribution in [0.5, 0.6) is 0 Å². The fraction of sp³-hybridized carbons (Fsp3) is 0.125. The van der Waals surface area contributed by atoms with E-state index in [-0.39, 0.29) is 12.5 Å². The smallest absolute Gasteiger partial charge is 0.259 e. The van der Waals surface area contributed by atoms with Gasteiger partial charge >= 0.3 is 0 Å². The number of nitrogens with zero attached hydrogens (tertiary/aromatic N) is 1. The number of hydrogen-bond acceptors (Lipinski definition) is 3. The first kappa shape index (κ1) is 17.6. The van der Waals surface area contributed by atoms with Crippen molar-refractivity contribution >= 4 is 52.6 Å². The molecular weight excluding hydrogens is 357 g/mol. The number of carbonyl (C=O) groups is 1. The summed E-state index contributed by atoms with van der Waals surface area (Å²) in [7, 11) is 0. The van der Waals surface area contributed by atoms with Crippen molar-refractivity contribution in [3.05, 3.63) is 62.6 Å². The molecule has 120 valence electrons. The quantitative estimate of drug-likeness (QED) is 0.600. The molecule has 0 aliphatic rings. The summed E-state index contributed by atoms with van der Waals surface area (Å²) in [5.74, 6) is -0.277. The van der Waals surface area contributed by atoms with Gasteiger partial charge in [0.2, 0.25) is 0 Å². The molecule has 0 aliphatic carbocycles. The minimum absolute atomic E-state index is 0.0914. The molecule has 0 aliphatic heterocycles. The molecular formula is C16H14Cl3N3O. The van der Waals surface area contributed by atoms with Crippen molar-refractivity contribution in [1.82, 2.24) is 5.43 Å². The van der Waals surface area contributed by atoms with Gasteiger partial charge in [-0.1, -0.05) is 40.9 Å². The minimum Gasteiger partial charge on any atom is -0.376 e. The second-order valence-corrected chi connectivity index (χ2v) is 6.05. The Balaban J connectivity index is 1.86. The van der Waals surface area contributed by atoms with E-state index in [2.05, 4.69) is 15.8 Å². The zero-order valence-electron chi connectivity index (χ0n) is 12.2. The highest BCUT2D eigenvalue weighted by molar-refractivity contribution is 6.36. The number of anilines is 1. The lowest BCUT2D eigenvalue weighted by Gasteiger charge is -2.08. The van der Waals surface area contributed by atoms with Crippen molar-refractivity contribution < 1.29 is 4.79 Å². The van der Waals surface area contributed by atoms with E-state index in [9.17, 15) is 4.79 Å². The summed E-state index contributed by atoms with van der Waals surface area (Å²) in [5, 5.41) is 8.55. The number of rotatable bonds is 5. The van der Waals surface area contributed by atoms with Gasteiger partial charge in [0.1, 0.15) is 0 Å². The van der Waals surface area contributed by atoms with E-state index < -0.39 is 0 Å². The molecule has 0 heterocycles. The Morgan fingerprint density at radius 1 is 1.13 bits per heavy atom. The maximum atomic E-state index is 11.8. The van der Waals surface area contributed by atoms with Crippen LogP contribution in [0.4, 0.5) is 5.69 Å². The molecule has 0 saturated heterocycles. The summed E-state index contributed by atoms with van der Waals surface area (Å²) in [4.78, 5) is 11.8. The number of halogens is 3. The third kappa shape index (κ3) is 5.43. The lowest BCUT2D eigenvalue weighted by Crippen LogP contribution is -2.26. The van der Waals surface area contributed by atoms with Crippen LogP contribution in [-0.4, -0.2) is 18.7 Å². The molecule has 7 heteroatoms. The predicted molar refractivity (Wildman–Crippen MR) is 96.9 cm³/mol. The second-order valence-electron chi connectivity index (χ2n) is 4.77. The molecule has 2 N–H and O–H groups in total. The van der Waals surface area contributed by atoms with E-state index in [0.717, 1.165) is 11.3 Å². The fourth-order valence-corrected chi connectivity index (χ4v) is 2.50. The highest BCUT2D eigenvalue weighted by Crippen LogP contribution is 2.20. The van der Waals surface area contributed by atoms with Gasteiger partial charge in [0.15, 0.2) is 0 Å². The van der Waals surface area contributed by atoms with Gasteiger partial charge in [-0.3, -0.25) is 4.79 Å². The summed E-state index contributed by atoms with van der Waals surface area (Å²) < 4.78 is 0. The molecule has 4 nitrogen and oxygen atoms in total. The first-order chi connectivity index (χ1) is 11.0. The van der Waals surface area contributed by atoms with Crippen molar-refractivity contribution in [3.8, 4) is 0 Å². The molecule has 0 bridgehead atoms. The Morgan fingerprint density at radius 3 is 2.52 bits per heavy atom. The average molecular weight is 371 g/mol. The van der Waals surface area contributed by atoms with E-state index in [0.29, 0.717) is 20.6 Å². The molecule has 0 saturated carbocycles. The molecule has 0 radical (unpaired) electrons. The number of nitrogens with one attached hydrogen (secondary N) is 2. The van der Waals surface area contributed by atoms with Gasteiger partial charge in [-0.25, -0.2) is 5.43 Å². The maximum absolute atomic E-state index is 11.8. The number of carbonyl (C=O) groups excluding carboxylic acids is 1. The summed E-state index contributed by atoms with van der Waals surface area (Å²) >= 11 is 17.7. The Morgan fingerprint density at radius 2 is 1.83 bits per heavy atom.